The van der Waals surface area contributed by atoms with E-state index in [1.54, 1.807) is 0 Å². The molecule has 6 heteroatoms. The summed E-state index contributed by atoms with van der Waals surface area (Å²) in [5.74, 6) is 7.46. The number of hydrogen-bond donors (Lipinski definition) is 0. The van der Waals surface area contributed by atoms with Gasteiger partial charge in [-0.15, -0.1) is 0 Å². The average molecular weight is 410 g/mol. The second kappa shape index (κ2) is 9.75. The second-order valence-corrected chi connectivity index (χ2v) is 7.71. The van der Waals surface area contributed by atoms with Crippen molar-refractivity contribution in [3.05, 3.63) is 22.6 Å². The molecule has 2 aliphatic rings. The SMILES string of the molecule is CN1CCN(CC#CCOC2CCN(Cc3ccc(Br)o3)CC2)CC1. The van der Waals surface area contributed by atoms with Crippen LogP contribution in [0.5, 0.6) is 0 Å². The van der Waals surface area contributed by atoms with Gasteiger partial charge in [-0.25, -0.2) is 0 Å². The molecule has 0 aromatic carbocycles. The maximum atomic E-state index is 5.93. The lowest BCUT2D eigenvalue weighted by atomic mass is 10.1. The number of ether oxygens (including phenoxy) is 1. The van der Waals surface area contributed by atoms with Crippen molar-refractivity contribution in [2.45, 2.75) is 25.5 Å². The van der Waals surface area contributed by atoms with Crippen molar-refractivity contribution in [1.29, 1.82) is 0 Å². The van der Waals surface area contributed by atoms with Crippen LogP contribution in [0.2, 0.25) is 0 Å². The molecule has 5 nitrogen and oxygen atoms in total. The standard InChI is InChI=1S/C19H28BrN3O2/c1-21-11-13-22(14-12-21)8-2-3-15-24-17-6-9-23(10-7-17)16-18-4-5-19(20)25-18/h4-5,17H,6-16H2,1H3. The number of furan rings is 1. The van der Waals surface area contributed by atoms with Crippen molar-refractivity contribution in [3.63, 3.8) is 0 Å². The van der Waals surface area contributed by atoms with Gasteiger partial charge in [0.25, 0.3) is 0 Å². The molecule has 3 heterocycles. The third kappa shape index (κ3) is 6.43. The van der Waals surface area contributed by atoms with Crippen molar-refractivity contribution < 1.29 is 9.15 Å². The summed E-state index contributed by atoms with van der Waals surface area (Å²) in [6.07, 6.45) is 2.49. The number of likely N-dealkylation sites (N-methyl/N-ethyl adjacent to an activating group) is 1. The summed E-state index contributed by atoms with van der Waals surface area (Å²) in [5.41, 5.74) is 0. The number of piperidine rings is 1. The van der Waals surface area contributed by atoms with Crippen LogP contribution in [0.4, 0.5) is 0 Å². The fraction of sp³-hybridized carbons (Fsp3) is 0.684. The molecule has 0 aliphatic carbocycles. The van der Waals surface area contributed by atoms with Gasteiger partial charge < -0.3 is 14.1 Å². The van der Waals surface area contributed by atoms with Gasteiger partial charge >= 0.3 is 0 Å². The van der Waals surface area contributed by atoms with Gasteiger partial charge in [-0.3, -0.25) is 9.80 Å². The largest absolute Gasteiger partial charge is 0.453 e. The number of rotatable bonds is 5. The van der Waals surface area contributed by atoms with E-state index in [0.717, 1.165) is 75.6 Å². The smallest absolute Gasteiger partial charge is 0.169 e. The van der Waals surface area contributed by atoms with Gasteiger partial charge in [0, 0.05) is 39.3 Å². The summed E-state index contributed by atoms with van der Waals surface area (Å²) in [4.78, 5) is 7.20. The Morgan fingerprint density at radius 3 is 2.52 bits per heavy atom. The number of nitrogens with zero attached hydrogens (tertiary/aromatic N) is 3. The van der Waals surface area contributed by atoms with Gasteiger partial charge in [0.2, 0.25) is 0 Å². The molecule has 2 saturated heterocycles. The van der Waals surface area contributed by atoms with Gasteiger partial charge in [0.15, 0.2) is 4.67 Å². The van der Waals surface area contributed by atoms with Crippen LogP contribution >= 0.6 is 15.9 Å². The van der Waals surface area contributed by atoms with E-state index >= 15 is 0 Å². The summed E-state index contributed by atoms with van der Waals surface area (Å²) in [5, 5.41) is 0. The van der Waals surface area contributed by atoms with E-state index in [2.05, 4.69) is 49.5 Å². The minimum Gasteiger partial charge on any atom is -0.453 e. The molecule has 1 aromatic heterocycles. The van der Waals surface area contributed by atoms with Gasteiger partial charge in [-0.05, 0) is 48.0 Å². The van der Waals surface area contributed by atoms with Crippen molar-refractivity contribution in [3.8, 4) is 11.8 Å². The molecule has 0 spiro atoms. The van der Waals surface area contributed by atoms with Crippen LogP contribution in [0.25, 0.3) is 0 Å². The first kappa shape index (κ1) is 18.9. The van der Waals surface area contributed by atoms with E-state index in [4.69, 9.17) is 9.15 Å². The zero-order valence-electron chi connectivity index (χ0n) is 15.0. The lowest BCUT2D eigenvalue weighted by Crippen LogP contribution is -2.44. The first-order chi connectivity index (χ1) is 12.2. The topological polar surface area (TPSA) is 32.1 Å². The van der Waals surface area contributed by atoms with E-state index < -0.39 is 0 Å². The highest BCUT2D eigenvalue weighted by Crippen LogP contribution is 2.19. The predicted octanol–water partition coefficient (Wildman–Crippen LogP) is 2.27. The minimum absolute atomic E-state index is 0.345. The van der Waals surface area contributed by atoms with Crippen molar-refractivity contribution in [2.24, 2.45) is 0 Å². The molecule has 0 amide bonds. The van der Waals surface area contributed by atoms with Gasteiger partial charge in [0.05, 0.1) is 19.2 Å². The Bertz CT molecular complexity index is 579. The normalized spacial score (nSPS) is 21.2. The first-order valence-corrected chi connectivity index (χ1v) is 9.93. The van der Waals surface area contributed by atoms with Gasteiger partial charge in [0.1, 0.15) is 12.4 Å². The first-order valence-electron chi connectivity index (χ1n) is 9.14. The average Bonchev–Trinajstić information content (AvgIpc) is 3.02. The molecular formula is C19H28BrN3O2. The third-order valence-electron chi connectivity index (χ3n) is 4.96. The molecule has 25 heavy (non-hydrogen) atoms. The molecular weight excluding hydrogens is 382 g/mol. The van der Waals surface area contributed by atoms with Crippen molar-refractivity contribution in [1.82, 2.24) is 14.7 Å². The zero-order chi connectivity index (χ0) is 17.5. The summed E-state index contributed by atoms with van der Waals surface area (Å²) in [6, 6.07) is 3.98. The molecule has 0 unspecified atom stereocenters. The van der Waals surface area contributed by atoms with Gasteiger partial charge in [-0.2, -0.15) is 0 Å². The maximum absolute atomic E-state index is 5.93. The van der Waals surface area contributed by atoms with Crippen LogP contribution in [0.15, 0.2) is 21.2 Å². The van der Waals surface area contributed by atoms with Gasteiger partial charge in [-0.1, -0.05) is 11.8 Å². The number of hydrogen-bond acceptors (Lipinski definition) is 5. The molecule has 0 N–H and O–H groups in total. The molecule has 0 saturated carbocycles. The van der Waals surface area contributed by atoms with Crippen LogP contribution < -0.4 is 0 Å². The van der Waals surface area contributed by atoms with Crippen molar-refractivity contribution >= 4 is 15.9 Å². The molecule has 2 aliphatic heterocycles. The Balaban J connectivity index is 1.27. The maximum Gasteiger partial charge on any atom is 0.169 e. The monoisotopic (exact) mass is 409 g/mol. The quantitative estimate of drug-likeness (QED) is 0.696. The Kier molecular flexibility index (Phi) is 7.38. The van der Waals surface area contributed by atoms with Crippen LogP contribution in [-0.4, -0.2) is 80.3 Å². The Hall–Kier alpha value is -0.840. The fourth-order valence-electron chi connectivity index (χ4n) is 3.28. The highest BCUT2D eigenvalue weighted by molar-refractivity contribution is 9.10. The molecule has 138 valence electrons. The number of piperazine rings is 1. The summed E-state index contributed by atoms with van der Waals surface area (Å²) in [7, 11) is 2.18. The van der Waals surface area contributed by atoms with Crippen LogP contribution in [0.3, 0.4) is 0 Å². The Labute approximate surface area is 159 Å². The van der Waals surface area contributed by atoms with E-state index in [1.807, 2.05) is 12.1 Å². The van der Waals surface area contributed by atoms with Crippen molar-refractivity contribution in [2.75, 3.05) is 59.5 Å². The lowest BCUT2D eigenvalue weighted by molar-refractivity contribution is 0.0210. The number of likely N-dealkylation sites (tertiary alicyclic amines) is 1. The Morgan fingerprint density at radius 1 is 1.08 bits per heavy atom. The molecule has 2 fully saturated rings. The molecule has 3 rings (SSSR count). The van der Waals surface area contributed by atoms with Crippen LogP contribution in [-0.2, 0) is 11.3 Å². The molecule has 0 bridgehead atoms. The summed E-state index contributed by atoms with van der Waals surface area (Å²) >= 11 is 3.35. The minimum atomic E-state index is 0.345. The number of halogens is 1. The fourth-order valence-corrected chi connectivity index (χ4v) is 3.62. The Morgan fingerprint density at radius 2 is 1.84 bits per heavy atom. The summed E-state index contributed by atoms with van der Waals surface area (Å²) < 4.78 is 12.3. The zero-order valence-corrected chi connectivity index (χ0v) is 16.6. The van der Waals surface area contributed by atoms with Crippen LogP contribution in [0, 0.1) is 11.8 Å². The lowest BCUT2D eigenvalue weighted by Gasteiger charge is -2.31. The van der Waals surface area contributed by atoms with E-state index in [-0.39, 0.29) is 0 Å². The third-order valence-corrected chi connectivity index (χ3v) is 5.38. The molecule has 1 aromatic rings. The predicted molar refractivity (Wildman–Crippen MR) is 102 cm³/mol. The second-order valence-electron chi connectivity index (χ2n) is 6.93. The van der Waals surface area contributed by atoms with E-state index in [9.17, 15) is 0 Å². The summed E-state index contributed by atoms with van der Waals surface area (Å²) in [6.45, 7) is 8.95. The van der Waals surface area contributed by atoms with Crippen LogP contribution in [0.1, 0.15) is 18.6 Å². The van der Waals surface area contributed by atoms with E-state index in [0.29, 0.717) is 12.7 Å². The highest BCUT2D eigenvalue weighted by atomic mass is 79.9. The van der Waals surface area contributed by atoms with E-state index in [1.165, 1.54) is 0 Å². The molecule has 0 radical (unpaired) electrons. The molecule has 0 atom stereocenters. The highest BCUT2D eigenvalue weighted by Gasteiger charge is 2.20.